The number of anilines is 1. The van der Waals surface area contributed by atoms with E-state index in [2.05, 4.69) is 35.5 Å². The highest BCUT2D eigenvalue weighted by Gasteiger charge is 2.07. The number of carbonyl (C=O) groups is 1. The summed E-state index contributed by atoms with van der Waals surface area (Å²) in [5, 5.41) is 6.41. The molecule has 2 aromatic carbocycles. The Kier molecular flexibility index (Phi) is 4.84. The van der Waals surface area contributed by atoms with E-state index in [1.807, 2.05) is 36.4 Å². The van der Waals surface area contributed by atoms with E-state index < -0.39 is 0 Å². The maximum atomic E-state index is 12.2. The number of nitrogens with one attached hydrogen (secondary N) is 3. The molecule has 3 aromatic rings. The van der Waals surface area contributed by atoms with Crippen molar-refractivity contribution >= 4 is 22.6 Å². The molecule has 0 radical (unpaired) electrons. The van der Waals surface area contributed by atoms with Crippen LogP contribution in [-0.2, 0) is 6.54 Å². The first-order valence-corrected chi connectivity index (χ1v) is 8.28. The van der Waals surface area contributed by atoms with Crippen molar-refractivity contribution in [3.8, 4) is 0 Å². The van der Waals surface area contributed by atoms with E-state index in [0.29, 0.717) is 17.2 Å². The van der Waals surface area contributed by atoms with Crippen LogP contribution >= 0.6 is 0 Å². The molecular weight excluding hydrogens is 314 g/mol. The quantitative estimate of drug-likeness (QED) is 0.675. The van der Waals surface area contributed by atoms with E-state index in [4.69, 9.17) is 0 Å². The normalized spacial score (nSPS) is 10.8. The minimum atomic E-state index is -0.346. The van der Waals surface area contributed by atoms with Crippen molar-refractivity contribution in [2.75, 3.05) is 5.32 Å². The topological polar surface area (TPSA) is 74.0 Å². The number of rotatable bonds is 4. The standard InChI is InChI=1S/C20H21N3O2/c1-13(2)14-8-9-18-15(10-14)11-16(19(24)23-18)12-21-20(25)22-17-6-4-3-5-7-17/h3-11,13H,12H2,1-2H3,(H,23,24)(H2,21,22,25). The van der Waals surface area contributed by atoms with Gasteiger partial charge in [0, 0.05) is 23.3 Å². The van der Waals surface area contributed by atoms with E-state index in [1.54, 1.807) is 12.1 Å². The average molecular weight is 335 g/mol. The van der Waals surface area contributed by atoms with Crippen LogP contribution in [0.2, 0.25) is 0 Å². The molecule has 3 N–H and O–H groups in total. The molecule has 25 heavy (non-hydrogen) atoms. The van der Waals surface area contributed by atoms with Gasteiger partial charge in [-0.3, -0.25) is 4.79 Å². The lowest BCUT2D eigenvalue weighted by Crippen LogP contribution is -2.30. The molecule has 0 saturated heterocycles. The fourth-order valence-corrected chi connectivity index (χ4v) is 2.63. The Bertz CT molecular complexity index is 946. The third-order valence-corrected chi connectivity index (χ3v) is 4.08. The van der Waals surface area contributed by atoms with Gasteiger partial charge in [-0.25, -0.2) is 4.79 Å². The second kappa shape index (κ2) is 7.21. The molecule has 2 amide bonds. The van der Waals surface area contributed by atoms with Gasteiger partial charge in [0.25, 0.3) is 5.56 Å². The van der Waals surface area contributed by atoms with Gasteiger partial charge in [-0.05, 0) is 47.2 Å². The van der Waals surface area contributed by atoms with Crippen LogP contribution in [0.15, 0.2) is 59.4 Å². The third-order valence-electron chi connectivity index (χ3n) is 4.08. The average Bonchev–Trinajstić information content (AvgIpc) is 2.60. The molecule has 5 nitrogen and oxygen atoms in total. The molecule has 0 fully saturated rings. The number of carbonyl (C=O) groups excluding carboxylic acids is 1. The molecule has 0 bridgehead atoms. The Morgan fingerprint density at radius 2 is 1.84 bits per heavy atom. The molecule has 0 unspecified atom stereocenters. The zero-order valence-corrected chi connectivity index (χ0v) is 14.3. The van der Waals surface area contributed by atoms with E-state index in [-0.39, 0.29) is 18.1 Å². The number of para-hydroxylation sites is 1. The maximum absolute atomic E-state index is 12.2. The van der Waals surface area contributed by atoms with Gasteiger partial charge < -0.3 is 15.6 Å². The van der Waals surface area contributed by atoms with Crippen LogP contribution in [0.25, 0.3) is 10.9 Å². The molecule has 3 rings (SSSR count). The van der Waals surface area contributed by atoms with E-state index in [9.17, 15) is 9.59 Å². The van der Waals surface area contributed by atoms with Gasteiger partial charge in [0.1, 0.15) is 0 Å². The lowest BCUT2D eigenvalue weighted by Gasteiger charge is -2.10. The highest BCUT2D eigenvalue weighted by Crippen LogP contribution is 2.20. The molecule has 0 saturated carbocycles. The number of aromatic amines is 1. The Labute approximate surface area is 146 Å². The minimum Gasteiger partial charge on any atom is -0.334 e. The smallest absolute Gasteiger partial charge is 0.319 e. The number of hydrogen-bond donors (Lipinski definition) is 3. The fourth-order valence-electron chi connectivity index (χ4n) is 2.63. The Hall–Kier alpha value is -3.08. The highest BCUT2D eigenvalue weighted by molar-refractivity contribution is 5.89. The monoisotopic (exact) mass is 335 g/mol. The number of fused-ring (bicyclic) bond motifs is 1. The van der Waals surface area contributed by atoms with Crippen LogP contribution in [-0.4, -0.2) is 11.0 Å². The minimum absolute atomic E-state index is 0.163. The van der Waals surface area contributed by atoms with Crippen molar-refractivity contribution in [2.45, 2.75) is 26.3 Å². The number of aromatic nitrogens is 1. The number of H-pyrrole nitrogens is 1. The summed E-state index contributed by atoms with van der Waals surface area (Å²) in [5.41, 5.74) is 3.04. The van der Waals surface area contributed by atoms with Crippen molar-refractivity contribution in [2.24, 2.45) is 0 Å². The lowest BCUT2D eigenvalue weighted by atomic mass is 10.0. The van der Waals surface area contributed by atoms with Gasteiger partial charge in [0.2, 0.25) is 0 Å². The van der Waals surface area contributed by atoms with Gasteiger partial charge in [0.05, 0.1) is 0 Å². The Morgan fingerprint density at radius 1 is 1.08 bits per heavy atom. The zero-order chi connectivity index (χ0) is 17.8. The van der Waals surface area contributed by atoms with Crippen LogP contribution in [0, 0.1) is 0 Å². The van der Waals surface area contributed by atoms with Crippen molar-refractivity contribution in [3.63, 3.8) is 0 Å². The number of benzene rings is 2. The van der Waals surface area contributed by atoms with Crippen molar-refractivity contribution in [1.29, 1.82) is 0 Å². The molecule has 1 aromatic heterocycles. The van der Waals surface area contributed by atoms with Gasteiger partial charge in [-0.1, -0.05) is 38.1 Å². The predicted octanol–water partition coefficient (Wildman–Crippen LogP) is 3.97. The van der Waals surface area contributed by atoms with Crippen LogP contribution in [0.3, 0.4) is 0 Å². The van der Waals surface area contributed by atoms with E-state index in [0.717, 1.165) is 10.9 Å². The highest BCUT2D eigenvalue weighted by atomic mass is 16.2. The first-order valence-electron chi connectivity index (χ1n) is 8.28. The van der Waals surface area contributed by atoms with Gasteiger partial charge in [-0.15, -0.1) is 0 Å². The lowest BCUT2D eigenvalue weighted by molar-refractivity contribution is 0.251. The Morgan fingerprint density at radius 3 is 2.56 bits per heavy atom. The van der Waals surface area contributed by atoms with E-state index >= 15 is 0 Å². The molecule has 128 valence electrons. The summed E-state index contributed by atoms with van der Waals surface area (Å²) in [5.74, 6) is 0.412. The van der Waals surface area contributed by atoms with Crippen molar-refractivity contribution in [3.05, 3.63) is 76.1 Å². The number of urea groups is 1. The van der Waals surface area contributed by atoms with Crippen molar-refractivity contribution in [1.82, 2.24) is 10.3 Å². The molecule has 0 spiro atoms. The summed E-state index contributed by atoms with van der Waals surface area (Å²) < 4.78 is 0. The van der Waals surface area contributed by atoms with Gasteiger partial charge >= 0.3 is 6.03 Å². The van der Waals surface area contributed by atoms with Crippen LogP contribution in [0.1, 0.15) is 30.9 Å². The predicted molar refractivity (Wildman–Crippen MR) is 101 cm³/mol. The van der Waals surface area contributed by atoms with Gasteiger partial charge in [-0.2, -0.15) is 0 Å². The molecule has 0 aliphatic carbocycles. The number of hydrogen-bond acceptors (Lipinski definition) is 2. The second-order valence-electron chi connectivity index (χ2n) is 6.30. The fraction of sp³-hybridized carbons (Fsp3) is 0.200. The van der Waals surface area contributed by atoms with Crippen LogP contribution < -0.4 is 16.2 Å². The summed E-state index contributed by atoms with van der Waals surface area (Å²) in [4.78, 5) is 27.0. The molecular formula is C20H21N3O2. The summed E-state index contributed by atoms with van der Waals surface area (Å²) in [6, 6.07) is 16.7. The summed E-state index contributed by atoms with van der Waals surface area (Å²) in [7, 11) is 0. The first-order chi connectivity index (χ1) is 12.0. The molecule has 1 heterocycles. The summed E-state index contributed by atoms with van der Waals surface area (Å²) in [6.45, 7) is 4.42. The zero-order valence-electron chi connectivity index (χ0n) is 14.3. The third kappa shape index (κ3) is 4.07. The first kappa shape index (κ1) is 16.8. The largest absolute Gasteiger partial charge is 0.334 e. The summed E-state index contributed by atoms with van der Waals surface area (Å²) in [6.07, 6.45) is 0. The number of pyridine rings is 1. The van der Waals surface area contributed by atoms with Crippen molar-refractivity contribution < 1.29 is 4.79 Å². The van der Waals surface area contributed by atoms with Gasteiger partial charge in [0.15, 0.2) is 0 Å². The number of amides is 2. The Balaban J connectivity index is 1.75. The molecule has 0 aliphatic rings. The van der Waals surface area contributed by atoms with Crippen LogP contribution in [0.4, 0.5) is 10.5 Å². The second-order valence-corrected chi connectivity index (χ2v) is 6.30. The maximum Gasteiger partial charge on any atom is 0.319 e. The molecule has 5 heteroatoms. The van der Waals surface area contributed by atoms with E-state index in [1.165, 1.54) is 5.56 Å². The van der Waals surface area contributed by atoms with Crippen LogP contribution in [0.5, 0.6) is 0 Å². The molecule has 0 atom stereocenters. The summed E-state index contributed by atoms with van der Waals surface area (Å²) >= 11 is 0. The molecule has 0 aliphatic heterocycles. The SMILES string of the molecule is CC(C)c1ccc2[nH]c(=O)c(CNC(=O)Nc3ccccc3)cc2c1.